The van der Waals surface area contributed by atoms with Crippen LogP contribution in [0.3, 0.4) is 0 Å². The summed E-state index contributed by atoms with van der Waals surface area (Å²) in [5.74, 6) is -0.360. The molecule has 0 saturated carbocycles. The standard InChI is InChI=1S/C16H16ClFN2S/c1-10(12-5-3-4-6-13(12)17)20(2)15-8-7-11(16(19)21)9-14(15)18/h3-10H,1-2H3,(H2,19,21). The lowest BCUT2D eigenvalue weighted by atomic mass is 10.1. The van der Waals surface area contributed by atoms with E-state index in [-0.39, 0.29) is 16.8 Å². The summed E-state index contributed by atoms with van der Waals surface area (Å²) in [5.41, 5.74) is 7.45. The first-order valence-corrected chi connectivity index (χ1v) is 7.27. The van der Waals surface area contributed by atoms with Crippen molar-refractivity contribution in [2.45, 2.75) is 13.0 Å². The first-order valence-electron chi connectivity index (χ1n) is 6.48. The van der Waals surface area contributed by atoms with Gasteiger partial charge in [0.2, 0.25) is 0 Å². The third kappa shape index (κ3) is 3.34. The molecule has 0 aliphatic carbocycles. The van der Waals surface area contributed by atoms with Gasteiger partial charge in [0.05, 0.1) is 11.7 Å². The molecule has 21 heavy (non-hydrogen) atoms. The molecule has 2 aromatic rings. The van der Waals surface area contributed by atoms with Gasteiger partial charge in [-0.3, -0.25) is 0 Å². The van der Waals surface area contributed by atoms with Crippen LogP contribution in [0, 0.1) is 5.82 Å². The number of hydrogen-bond donors (Lipinski definition) is 1. The first kappa shape index (κ1) is 15.7. The lowest BCUT2D eigenvalue weighted by Crippen LogP contribution is -2.23. The molecule has 2 aromatic carbocycles. The number of anilines is 1. The smallest absolute Gasteiger partial charge is 0.147 e. The highest BCUT2D eigenvalue weighted by atomic mass is 35.5. The first-order chi connectivity index (χ1) is 9.91. The average molecular weight is 323 g/mol. The van der Waals surface area contributed by atoms with E-state index in [1.54, 1.807) is 12.1 Å². The van der Waals surface area contributed by atoms with Crippen molar-refractivity contribution in [3.05, 3.63) is 64.4 Å². The number of thiocarbonyl (C=S) groups is 1. The molecule has 2 N–H and O–H groups in total. The summed E-state index contributed by atoms with van der Waals surface area (Å²) in [6.07, 6.45) is 0. The Morgan fingerprint density at radius 1 is 1.29 bits per heavy atom. The summed E-state index contributed by atoms with van der Waals surface area (Å²) < 4.78 is 14.2. The SMILES string of the molecule is CC(c1ccccc1Cl)N(C)c1ccc(C(N)=S)cc1F. The Hall–Kier alpha value is -1.65. The number of nitrogens with two attached hydrogens (primary N) is 1. The largest absolute Gasteiger partial charge is 0.389 e. The van der Waals surface area contributed by atoms with E-state index in [1.165, 1.54) is 6.07 Å². The second-order valence-corrected chi connectivity index (χ2v) is 5.69. The molecule has 0 spiro atoms. The minimum atomic E-state index is -0.360. The van der Waals surface area contributed by atoms with Crippen molar-refractivity contribution in [2.75, 3.05) is 11.9 Å². The van der Waals surface area contributed by atoms with E-state index >= 15 is 0 Å². The number of rotatable bonds is 4. The predicted octanol–water partition coefficient (Wildman–Crippen LogP) is 4.31. The average Bonchev–Trinajstić information content (AvgIpc) is 2.46. The van der Waals surface area contributed by atoms with Gasteiger partial charge in [0.25, 0.3) is 0 Å². The minimum absolute atomic E-state index is 0.0659. The van der Waals surface area contributed by atoms with Crippen LogP contribution in [0.1, 0.15) is 24.1 Å². The second-order valence-electron chi connectivity index (χ2n) is 4.84. The van der Waals surface area contributed by atoms with Crippen molar-refractivity contribution >= 4 is 34.5 Å². The molecule has 0 bridgehead atoms. The van der Waals surface area contributed by atoms with Gasteiger partial charge < -0.3 is 10.6 Å². The van der Waals surface area contributed by atoms with E-state index in [9.17, 15) is 4.39 Å². The van der Waals surface area contributed by atoms with Gasteiger partial charge in [-0.05, 0) is 36.8 Å². The Kier molecular flexibility index (Phi) is 4.80. The fourth-order valence-corrected chi connectivity index (χ4v) is 2.60. The monoisotopic (exact) mass is 322 g/mol. The fraction of sp³-hybridized carbons (Fsp3) is 0.188. The highest BCUT2D eigenvalue weighted by Crippen LogP contribution is 2.31. The summed E-state index contributed by atoms with van der Waals surface area (Å²) in [6.45, 7) is 1.97. The molecule has 2 nitrogen and oxygen atoms in total. The molecule has 5 heteroatoms. The van der Waals surface area contributed by atoms with Crippen molar-refractivity contribution in [3.63, 3.8) is 0 Å². The molecule has 2 rings (SSSR count). The van der Waals surface area contributed by atoms with Crippen LogP contribution in [-0.4, -0.2) is 12.0 Å². The van der Waals surface area contributed by atoms with E-state index in [1.807, 2.05) is 43.1 Å². The highest BCUT2D eigenvalue weighted by Gasteiger charge is 2.18. The van der Waals surface area contributed by atoms with Crippen LogP contribution in [0.4, 0.5) is 10.1 Å². The molecule has 1 unspecified atom stereocenters. The number of benzene rings is 2. The van der Waals surface area contributed by atoms with Crippen LogP contribution < -0.4 is 10.6 Å². The summed E-state index contributed by atoms with van der Waals surface area (Å²) in [4.78, 5) is 2.02. The summed E-state index contributed by atoms with van der Waals surface area (Å²) in [7, 11) is 1.83. The molecule has 0 amide bonds. The maximum absolute atomic E-state index is 14.2. The Morgan fingerprint density at radius 2 is 1.95 bits per heavy atom. The molecular formula is C16H16ClFN2S. The van der Waals surface area contributed by atoms with Crippen LogP contribution >= 0.6 is 23.8 Å². The molecule has 0 heterocycles. The van der Waals surface area contributed by atoms with Crippen LogP contribution in [-0.2, 0) is 0 Å². The van der Waals surface area contributed by atoms with Crippen molar-refractivity contribution in [3.8, 4) is 0 Å². The van der Waals surface area contributed by atoms with Gasteiger partial charge in [-0.2, -0.15) is 0 Å². The van der Waals surface area contributed by atoms with Crippen LogP contribution in [0.5, 0.6) is 0 Å². The lowest BCUT2D eigenvalue weighted by molar-refractivity contribution is 0.611. The fourth-order valence-electron chi connectivity index (χ4n) is 2.18. The van der Waals surface area contributed by atoms with Crippen molar-refractivity contribution in [2.24, 2.45) is 5.73 Å². The number of halogens is 2. The molecule has 0 aliphatic rings. The number of hydrogen-bond acceptors (Lipinski definition) is 2. The maximum atomic E-state index is 14.2. The Morgan fingerprint density at radius 3 is 2.52 bits per heavy atom. The van der Waals surface area contributed by atoms with Crippen LogP contribution in [0.2, 0.25) is 5.02 Å². The zero-order valence-corrected chi connectivity index (χ0v) is 13.4. The van der Waals surface area contributed by atoms with Crippen LogP contribution in [0.15, 0.2) is 42.5 Å². The van der Waals surface area contributed by atoms with Gasteiger partial charge in [-0.25, -0.2) is 4.39 Å². The molecule has 0 saturated heterocycles. The molecule has 0 aromatic heterocycles. The van der Waals surface area contributed by atoms with Crippen molar-refractivity contribution in [1.29, 1.82) is 0 Å². The third-order valence-electron chi connectivity index (χ3n) is 3.55. The lowest BCUT2D eigenvalue weighted by Gasteiger charge is -2.28. The molecule has 0 fully saturated rings. The summed E-state index contributed by atoms with van der Waals surface area (Å²) in [5, 5.41) is 0.664. The van der Waals surface area contributed by atoms with Gasteiger partial charge in [0.1, 0.15) is 10.8 Å². The molecule has 1 atom stereocenters. The van der Waals surface area contributed by atoms with Crippen molar-refractivity contribution < 1.29 is 4.39 Å². The Balaban J connectivity index is 2.34. The second kappa shape index (κ2) is 6.41. The van der Waals surface area contributed by atoms with Gasteiger partial charge in [-0.1, -0.05) is 42.0 Å². The summed E-state index contributed by atoms with van der Waals surface area (Å²) >= 11 is 11.1. The molecular weight excluding hydrogens is 307 g/mol. The van der Waals surface area contributed by atoms with E-state index in [2.05, 4.69) is 0 Å². The summed E-state index contributed by atoms with van der Waals surface area (Å²) in [6, 6.07) is 12.2. The zero-order chi connectivity index (χ0) is 15.6. The van der Waals surface area contributed by atoms with Crippen LogP contribution in [0.25, 0.3) is 0 Å². The van der Waals surface area contributed by atoms with E-state index < -0.39 is 0 Å². The normalized spacial score (nSPS) is 12.0. The maximum Gasteiger partial charge on any atom is 0.147 e. The molecule has 0 aliphatic heterocycles. The Bertz CT molecular complexity index is 675. The van der Waals surface area contributed by atoms with Gasteiger partial charge >= 0.3 is 0 Å². The third-order valence-corrected chi connectivity index (χ3v) is 4.13. The van der Waals surface area contributed by atoms with E-state index in [4.69, 9.17) is 29.6 Å². The quantitative estimate of drug-likeness (QED) is 0.850. The van der Waals surface area contributed by atoms with Gasteiger partial charge in [-0.15, -0.1) is 0 Å². The van der Waals surface area contributed by atoms with E-state index in [0.717, 1.165) is 5.56 Å². The van der Waals surface area contributed by atoms with Crippen molar-refractivity contribution in [1.82, 2.24) is 0 Å². The zero-order valence-electron chi connectivity index (χ0n) is 11.8. The molecule has 0 radical (unpaired) electrons. The topological polar surface area (TPSA) is 29.3 Å². The minimum Gasteiger partial charge on any atom is -0.389 e. The van der Waals surface area contributed by atoms with Gasteiger partial charge in [0.15, 0.2) is 0 Å². The highest BCUT2D eigenvalue weighted by molar-refractivity contribution is 7.80. The predicted molar refractivity (Wildman–Crippen MR) is 90.6 cm³/mol. The Labute approximate surface area is 134 Å². The van der Waals surface area contributed by atoms with Gasteiger partial charge in [0, 0.05) is 17.6 Å². The molecule has 110 valence electrons. The number of nitrogens with zero attached hydrogens (tertiary/aromatic N) is 1. The van der Waals surface area contributed by atoms with E-state index in [0.29, 0.717) is 16.3 Å².